The number of fused-ring (bicyclic) bond motifs is 1. The van der Waals surface area contributed by atoms with E-state index in [2.05, 4.69) is 56.7 Å². The molecule has 6 nitrogen and oxygen atoms in total. The molecule has 1 atom stereocenters. The zero-order valence-electron chi connectivity index (χ0n) is 19.5. The van der Waals surface area contributed by atoms with Gasteiger partial charge in [0.15, 0.2) is 0 Å². The van der Waals surface area contributed by atoms with Crippen molar-refractivity contribution < 1.29 is 9.90 Å². The molecule has 1 unspecified atom stereocenters. The molecule has 2 N–H and O–H groups in total. The Hall–Kier alpha value is -2.89. The third kappa shape index (κ3) is 4.73. The van der Waals surface area contributed by atoms with Crippen molar-refractivity contribution >= 4 is 22.6 Å². The maximum Gasteiger partial charge on any atom is 0.246 e. The number of hydrogen-bond donors (Lipinski definition) is 2. The molecule has 1 aliphatic rings. The van der Waals surface area contributed by atoms with E-state index in [1.165, 1.54) is 4.80 Å². The Morgan fingerprint density at radius 2 is 1.77 bits per heavy atom. The Morgan fingerprint density at radius 3 is 2.29 bits per heavy atom. The molecule has 0 aliphatic heterocycles. The summed E-state index contributed by atoms with van der Waals surface area (Å²) in [5.74, 6) is -0.0173. The molecule has 1 heterocycles. The van der Waals surface area contributed by atoms with Gasteiger partial charge in [-0.2, -0.15) is 0 Å². The molecule has 0 saturated carbocycles. The van der Waals surface area contributed by atoms with Crippen LogP contribution in [0.1, 0.15) is 54.4 Å². The maximum atomic E-state index is 12.3. The molecule has 2 aromatic rings. The zero-order chi connectivity index (χ0) is 23.0. The fraction of sp³-hybridized carbons (Fsp3) is 0.480. The molecule has 1 aliphatic carbocycles. The highest BCUT2D eigenvalue weighted by molar-refractivity contribution is 5.92. The fourth-order valence-electron chi connectivity index (χ4n) is 4.63. The van der Waals surface area contributed by atoms with Gasteiger partial charge in [0.25, 0.3) is 0 Å². The predicted molar refractivity (Wildman–Crippen MR) is 125 cm³/mol. The van der Waals surface area contributed by atoms with Crippen molar-refractivity contribution in [3.8, 4) is 0 Å². The minimum atomic E-state index is -0.438. The number of allylic oxidation sites excluding steroid dienone is 2. The lowest BCUT2D eigenvalue weighted by Gasteiger charge is -2.49. The van der Waals surface area contributed by atoms with E-state index in [1.54, 1.807) is 6.92 Å². The van der Waals surface area contributed by atoms with Gasteiger partial charge in [-0.3, -0.25) is 4.79 Å². The number of hydrogen-bond acceptors (Lipinski definition) is 4. The lowest BCUT2D eigenvalue weighted by molar-refractivity contribution is -0.118. The first-order chi connectivity index (χ1) is 14.3. The smallest absolute Gasteiger partial charge is 0.246 e. The van der Waals surface area contributed by atoms with Gasteiger partial charge in [-0.05, 0) is 54.9 Å². The first-order valence-electron chi connectivity index (χ1n) is 10.7. The van der Waals surface area contributed by atoms with Crippen molar-refractivity contribution in [2.24, 2.45) is 16.2 Å². The summed E-state index contributed by atoms with van der Waals surface area (Å²) in [7, 11) is 0. The summed E-state index contributed by atoms with van der Waals surface area (Å²) in [5, 5.41) is 22.9. The van der Waals surface area contributed by atoms with E-state index in [0.717, 1.165) is 17.5 Å². The van der Waals surface area contributed by atoms with Gasteiger partial charge in [0.2, 0.25) is 5.91 Å². The highest BCUT2D eigenvalue weighted by atomic mass is 16.3. The number of carbonyl (C=O) groups is 1. The Morgan fingerprint density at radius 1 is 1.19 bits per heavy atom. The van der Waals surface area contributed by atoms with Crippen molar-refractivity contribution in [2.45, 2.75) is 54.4 Å². The summed E-state index contributed by atoms with van der Waals surface area (Å²) in [6.45, 7) is 17.0. The van der Waals surface area contributed by atoms with Crippen LogP contribution in [0.25, 0.3) is 16.7 Å². The topological polar surface area (TPSA) is 80.0 Å². The van der Waals surface area contributed by atoms with E-state index in [1.807, 2.05) is 36.4 Å². The van der Waals surface area contributed by atoms with Gasteiger partial charge in [0.1, 0.15) is 22.5 Å². The molecule has 3 rings (SSSR count). The number of nitrogens with zero attached hydrogens (tertiary/aromatic N) is 3. The maximum absolute atomic E-state index is 12.3. The van der Waals surface area contributed by atoms with E-state index in [9.17, 15) is 9.90 Å². The number of aromatic nitrogens is 3. The highest BCUT2D eigenvalue weighted by Crippen LogP contribution is 2.52. The second-order valence-corrected chi connectivity index (χ2v) is 10.5. The number of benzene rings is 1. The summed E-state index contributed by atoms with van der Waals surface area (Å²) < 4.78 is 0. The van der Waals surface area contributed by atoms with Crippen LogP contribution in [0.2, 0.25) is 0 Å². The largest absolute Gasteiger partial charge is 0.506 e. The van der Waals surface area contributed by atoms with Crippen LogP contribution in [0.4, 0.5) is 0 Å². The molecule has 1 aromatic heterocycles. The van der Waals surface area contributed by atoms with Crippen LogP contribution in [0, 0.1) is 16.2 Å². The van der Waals surface area contributed by atoms with Crippen molar-refractivity contribution in [1.29, 1.82) is 0 Å². The van der Waals surface area contributed by atoms with Gasteiger partial charge in [0.05, 0.1) is 0 Å². The Balaban J connectivity index is 2.10. The molecule has 31 heavy (non-hydrogen) atoms. The van der Waals surface area contributed by atoms with Crippen LogP contribution in [-0.2, 0) is 4.79 Å². The summed E-state index contributed by atoms with van der Waals surface area (Å²) in [4.78, 5) is 13.8. The second kappa shape index (κ2) is 7.98. The average Bonchev–Trinajstić information content (AvgIpc) is 3.09. The van der Waals surface area contributed by atoms with Gasteiger partial charge >= 0.3 is 0 Å². The average molecular weight is 423 g/mol. The number of rotatable bonds is 6. The standard InChI is InChI=1S/C25H34N4O2/c1-17(2)22(31)26-16-25(24(6,7)15-23(3,4)5)13-12-21(30)20(14-25)29-27-18-10-8-9-11-19(18)28-29/h8-12,14,30H,1,13,15-16H2,2-7H3,(H,26,31). The molecule has 0 bridgehead atoms. The van der Waals surface area contributed by atoms with Crippen molar-refractivity contribution in [2.75, 3.05) is 6.54 Å². The third-order valence-corrected chi connectivity index (χ3v) is 6.11. The Labute approximate surface area is 184 Å². The third-order valence-electron chi connectivity index (χ3n) is 6.11. The lowest BCUT2D eigenvalue weighted by Crippen LogP contribution is -2.48. The van der Waals surface area contributed by atoms with E-state index >= 15 is 0 Å². The number of nitrogens with one attached hydrogen (secondary N) is 1. The Bertz CT molecular complexity index is 1040. The Kier molecular flexibility index (Phi) is 5.87. The number of aliphatic hydroxyl groups is 1. The SMILES string of the molecule is C=C(C)C(=O)NCC1(C(C)(C)CC(C)(C)C)C=C(n2nc3ccccc3n2)C(O)=CC1. The highest BCUT2D eigenvalue weighted by Gasteiger charge is 2.47. The second-order valence-electron chi connectivity index (χ2n) is 10.5. The summed E-state index contributed by atoms with van der Waals surface area (Å²) >= 11 is 0. The zero-order valence-corrected chi connectivity index (χ0v) is 19.5. The van der Waals surface area contributed by atoms with E-state index in [-0.39, 0.29) is 22.5 Å². The van der Waals surface area contributed by atoms with Crippen LogP contribution < -0.4 is 5.32 Å². The van der Waals surface area contributed by atoms with Crippen molar-refractivity contribution in [3.63, 3.8) is 0 Å². The fourth-order valence-corrected chi connectivity index (χ4v) is 4.63. The minimum Gasteiger partial charge on any atom is -0.506 e. The van der Waals surface area contributed by atoms with Gasteiger partial charge in [0, 0.05) is 17.5 Å². The van der Waals surface area contributed by atoms with Crippen LogP contribution >= 0.6 is 0 Å². The predicted octanol–water partition coefficient (Wildman–Crippen LogP) is 5.26. The monoisotopic (exact) mass is 422 g/mol. The van der Waals surface area contributed by atoms with Crippen LogP contribution in [0.15, 0.2) is 54.3 Å². The van der Waals surface area contributed by atoms with E-state index in [0.29, 0.717) is 24.2 Å². The summed E-state index contributed by atoms with van der Waals surface area (Å²) in [5.41, 5.74) is 1.99. The molecular formula is C25H34N4O2. The summed E-state index contributed by atoms with van der Waals surface area (Å²) in [6, 6.07) is 7.62. The minimum absolute atomic E-state index is 0.0880. The summed E-state index contributed by atoms with van der Waals surface area (Å²) in [6.07, 6.45) is 5.39. The van der Waals surface area contributed by atoms with Gasteiger partial charge in [-0.25, -0.2) is 0 Å². The number of aliphatic hydroxyl groups excluding tert-OH is 1. The number of carbonyl (C=O) groups excluding carboxylic acids is 1. The molecule has 0 radical (unpaired) electrons. The molecule has 0 saturated heterocycles. The van der Waals surface area contributed by atoms with Crippen molar-refractivity contribution in [1.82, 2.24) is 20.3 Å². The van der Waals surface area contributed by atoms with Crippen LogP contribution in [-0.4, -0.2) is 32.6 Å². The van der Waals surface area contributed by atoms with Gasteiger partial charge in [-0.15, -0.1) is 15.0 Å². The molecule has 6 heteroatoms. The quantitative estimate of drug-likeness (QED) is 0.622. The molecule has 0 fully saturated rings. The lowest BCUT2D eigenvalue weighted by atomic mass is 9.57. The molecular weight excluding hydrogens is 388 g/mol. The van der Waals surface area contributed by atoms with Crippen LogP contribution in [0.5, 0.6) is 0 Å². The van der Waals surface area contributed by atoms with Crippen LogP contribution in [0.3, 0.4) is 0 Å². The molecule has 166 valence electrons. The molecule has 1 amide bonds. The van der Waals surface area contributed by atoms with Crippen molar-refractivity contribution in [3.05, 3.63) is 54.3 Å². The first kappa shape index (κ1) is 22.8. The molecule has 0 spiro atoms. The van der Waals surface area contributed by atoms with Gasteiger partial charge in [-0.1, -0.05) is 53.3 Å². The number of amides is 1. The van der Waals surface area contributed by atoms with E-state index in [4.69, 9.17) is 0 Å². The van der Waals surface area contributed by atoms with E-state index < -0.39 is 5.41 Å². The van der Waals surface area contributed by atoms with Gasteiger partial charge < -0.3 is 10.4 Å². The normalized spacial score (nSPS) is 19.7. The molecule has 1 aromatic carbocycles. The first-order valence-corrected chi connectivity index (χ1v) is 10.7.